The first-order chi connectivity index (χ1) is 10.0. The standard InChI is InChI=1S/C14H30N2O4S/c17-13-12-16-10-8-15(9-11-16)7-5-3-1-2-4-6-14-21(18,19)20/h17H,1-14H2,(H,18,19,20). The highest BCUT2D eigenvalue weighted by atomic mass is 32.2. The molecule has 1 aliphatic rings. The van der Waals surface area contributed by atoms with Crippen molar-refractivity contribution in [1.29, 1.82) is 0 Å². The van der Waals surface area contributed by atoms with Crippen molar-refractivity contribution in [1.82, 2.24) is 9.80 Å². The fourth-order valence-corrected chi connectivity index (χ4v) is 3.27. The lowest BCUT2D eigenvalue weighted by Gasteiger charge is -2.34. The Morgan fingerprint density at radius 3 is 1.76 bits per heavy atom. The molecule has 0 spiro atoms. The summed E-state index contributed by atoms with van der Waals surface area (Å²) in [4.78, 5) is 4.78. The Morgan fingerprint density at radius 1 is 0.762 bits per heavy atom. The van der Waals surface area contributed by atoms with Gasteiger partial charge in [0, 0.05) is 32.7 Å². The number of piperazine rings is 1. The third-order valence-corrected chi connectivity index (χ3v) is 4.81. The Morgan fingerprint density at radius 2 is 1.24 bits per heavy atom. The maximum Gasteiger partial charge on any atom is 0.264 e. The molecule has 6 nitrogen and oxygen atoms in total. The Labute approximate surface area is 128 Å². The quantitative estimate of drug-likeness (QED) is 0.433. The van der Waals surface area contributed by atoms with Crippen LogP contribution < -0.4 is 0 Å². The van der Waals surface area contributed by atoms with Gasteiger partial charge in [-0.1, -0.05) is 25.7 Å². The van der Waals surface area contributed by atoms with E-state index in [0.717, 1.165) is 58.5 Å². The van der Waals surface area contributed by atoms with Crippen molar-refractivity contribution in [2.24, 2.45) is 0 Å². The van der Waals surface area contributed by atoms with Crippen LogP contribution in [-0.2, 0) is 10.1 Å². The lowest BCUT2D eigenvalue weighted by atomic mass is 10.1. The molecular weight excluding hydrogens is 292 g/mol. The number of nitrogens with zero attached hydrogens (tertiary/aromatic N) is 2. The van der Waals surface area contributed by atoms with E-state index in [2.05, 4.69) is 9.80 Å². The molecule has 0 aliphatic carbocycles. The number of unbranched alkanes of at least 4 members (excludes halogenated alkanes) is 5. The van der Waals surface area contributed by atoms with E-state index in [0.29, 0.717) is 6.42 Å². The van der Waals surface area contributed by atoms with Crippen molar-refractivity contribution in [2.75, 3.05) is 51.6 Å². The first-order valence-electron chi connectivity index (χ1n) is 8.02. The topological polar surface area (TPSA) is 81.1 Å². The van der Waals surface area contributed by atoms with Gasteiger partial charge in [-0.2, -0.15) is 8.42 Å². The summed E-state index contributed by atoms with van der Waals surface area (Å²) in [6.45, 7) is 6.46. The highest BCUT2D eigenvalue weighted by molar-refractivity contribution is 7.85. The van der Waals surface area contributed by atoms with Gasteiger partial charge in [0.2, 0.25) is 0 Å². The number of rotatable bonds is 11. The van der Waals surface area contributed by atoms with Crippen LogP contribution in [0.3, 0.4) is 0 Å². The summed E-state index contributed by atoms with van der Waals surface area (Å²) >= 11 is 0. The summed E-state index contributed by atoms with van der Waals surface area (Å²) < 4.78 is 29.7. The molecule has 1 aliphatic heterocycles. The third kappa shape index (κ3) is 10.2. The van der Waals surface area contributed by atoms with Crippen LogP contribution in [0.2, 0.25) is 0 Å². The van der Waals surface area contributed by atoms with Crippen LogP contribution in [0.25, 0.3) is 0 Å². The van der Waals surface area contributed by atoms with Crippen molar-refractivity contribution in [3.8, 4) is 0 Å². The maximum absolute atomic E-state index is 10.5. The van der Waals surface area contributed by atoms with Crippen LogP contribution in [0.4, 0.5) is 0 Å². The van der Waals surface area contributed by atoms with Gasteiger partial charge < -0.3 is 10.0 Å². The highest BCUT2D eigenvalue weighted by Gasteiger charge is 2.15. The normalized spacial score (nSPS) is 18.2. The average Bonchev–Trinajstić information content (AvgIpc) is 2.43. The average molecular weight is 322 g/mol. The Kier molecular flexibility index (Phi) is 9.42. The third-order valence-electron chi connectivity index (χ3n) is 4.01. The van der Waals surface area contributed by atoms with E-state index >= 15 is 0 Å². The zero-order valence-electron chi connectivity index (χ0n) is 12.9. The van der Waals surface area contributed by atoms with Gasteiger partial charge in [0.1, 0.15) is 0 Å². The molecular formula is C14H30N2O4S. The van der Waals surface area contributed by atoms with E-state index in [-0.39, 0.29) is 12.4 Å². The van der Waals surface area contributed by atoms with Crippen molar-refractivity contribution < 1.29 is 18.1 Å². The van der Waals surface area contributed by atoms with E-state index in [9.17, 15) is 8.42 Å². The van der Waals surface area contributed by atoms with Gasteiger partial charge in [-0.15, -0.1) is 0 Å². The summed E-state index contributed by atoms with van der Waals surface area (Å²) in [5.41, 5.74) is 0. The second-order valence-corrected chi connectivity index (χ2v) is 7.39. The molecule has 2 N–H and O–H groups in total. The summed E-state index contributed by atoms with van der Waals surface area (Å²) in [5, 5.41) is 8.89. The molecule has 1 heterocycles. The van der Waals surface area contributed by atoms with E-state index in [4.69, 9.17) is 9.66 Å². The predicted octanol–water partition coefficient (Wildman–Crippen LogP) is 0.825. The number of hydrogen-bond donors (Lipinski definition) is 2. The zero-order chi connectivity index (χ0) is 15.6. The second-order valence-electron chi connectivity index (χ2n) is 5.81. The molecule has 7 heteroatoms. The first kappa shape index (κ1) is 18.8. The minimum absolute atomic E-state index is 0.106. The molecule has 1 fully saturated rings. The fourth-order valence-electron chi connectivity index (χ4n) is 2.70. The van der Waals surface area contributed by atoms with Gasteiger partial charge >= 0.3 is 0 Å². The van der Waals surface area contributed by atoms with Crippen LogP contribution in [-0.4, -0.2) is 79.5 Å². The van der Waals surface area contributed by atoms with E-state index in [1.807, 2.05) is 0 Å². The van der Waals surface area contributed by atoms with Crippen molar-refractivity contribution in [2.45, 2.75) is 38.5 Å². The predicted molar refractivity (Wildman–Crippen MR) is 84.1 cm³/mol. The molecule has 1 rings (SSSR count). The SMILES string of the molecule is O=S(=O)(O)CCCCCCCCN1CCN(CCO)CC1. The van der Waals surface area contributed by atoms with Gasteiger partial charge in [-0.25, -0.2) is 0 Å². The molecule has 0 radical (unpaired) electrons. The number of aliphatic hydroxyl groups is 1. The van der Waals surface area contributed by atoms with Gasteiger partial charge in [0.25, 0.3) is 10.1 Å². The first-order valence-corrected chi connectivity index (χ1v) is 9.63. The number of β-amino-alcohol motifs (C(OH)–C–C–N with tert-alkyl or cyclic N) is 1. The van der Waals surface area contributed by atoms with Crippen LogP contribution in [0.15, 0.2) is 0 Å². The van der Waals surface area contributed by atoms with E-state index in [1.54, 1.807) is 0 Å². The molecule has 0 saturated carbocycles. The number of hydrogen-bond acceptors (Lipinski definition) is 5. The van der Waals surface area contributed by atoms with E-state index < -0.39 is 10.1 Å². The lowest BCUT2D eigenvalue weighted by Crippen LogP contribution is -2.47. The number of aliphatic hydroxyl groups excluding tert-OH is 1. The minimum Gasteiger partial charge on any atom is -0.395 e. The van der Waals surface area contributed by atoms with Crippen molar-refractivity contribution in [3.63, 3.8) is 0 Å². The van der Waals surface area contributed by atoms with Gasteiger partial charge in [-0.05, 0) is 19.4 Å². The smallest absolute Gasteiger partial charge is 0.264 e. The lowest BCUT2D eigenvalue weighted by molar-refractivity contribution is 0.111. The molecule has 0 unspecified atom stereocenters. The molecule has 0 aromatic rings. The van der Waals surface area contributed by atoms with E-state index in [1.165, 1.54) is 12.8 Å². The molecule has 0 atom stereocenters. The second kappa shape index (κ2) is 10.5. The molecule has 0 amide bonds. The summed E-state index contributed by atoms with van der Waals surface area (Å²) in [7, 11) is -3.77. The van der Waals surface area contributed by atoms with Crippen molar-refractivity contribution in [3.05, 3.63) is 0 Å². The summed E-state index contributed by atoms with van der Waals surface area (Å²) in [6, 6.07) is 0. The maximum atomic E-state index is 10.5. The minimum atomic E-state index is -3.77. The fraction of sp³-hybridized carbons (Fsp3) is 1.00. The van der Waals surface area contributed by atoms with Gasteiger partial charge in [0.15, 0.2) is 0 Å². The van der Waals surface area contributed by atoms with Crippen LogP contribution >= 0.6 is 0 Å². The van der Waals surface area contributed by atoms with Gasteiger partial charge in [-0.3, -0.25) is 9.45 Å². The monoisotopic (exact) mass is 322 g/mol. The Balaban J connectivity index is 1.89. The van der Waals surface area contributed by atoms with Crippen LogP contribution in [0.1, 0.15) is 38.5 Å². The molecule has 0 bridgehead atoms. The highest BCUT2D eigenvalue weighted by Crippen LogP contribution is 2.08. The zero-order valence-corrected chi connectivity index (χ0v) is 13.7. The largest absolute Gasteiger partial charge is 0.395 e. The van der Waals surface area contributed by atoms with Crippen LogP contribution in [0, 0.1) is 0 Å². The molecule has 0 aromatic carbocycles. The molecule has 126 valence electrons. The Hall–Kier alpha value is -0.210. The van der Waals surface area contributed by atoms with Crippen LogP contribution in [0.5, 0.6) is 0 Å². The summed E-state index contributed by atoms with van der Waals surface area (Å²) in [5.74, 6) is -0.106. The Bertz CT molecular complexity index is 354. The molecule has 0 aromatic heterocycles. The molecule has 1 saturated heterocycles. The molecule has 21 heavy (non-hydrogen) atoms. The van der Waals surface area contributed by atoms with Gasteiger partial charge in [0.05, 0.1) is 12.4 Å². The van der Waals surface area contributed by atoms with Crippen molar-refractivity contribution >= 4 is 10.1 Å². The summed E-state index contributed by atoms with van der Waals surface area (Å²) in [6.07, 6.45) is 5.99.